The van der Waals surface area contributed by atoms with Gasteiger partial charge in [0.05, 0.1) is 4.92 Å². The first-order valence-electron chi connectivity index (χ1n) is 5.11. The van der Waals surface area contributed by atoms with Gasteiger partial charge in [0, 0.05) is 23.9 Å². The lowest BCUT2D eigenvalue weighted by Crippen LogP contribution is -1.92. The number of nitro groups is 1. The number of nitrogens with zero attached hydrogens (tertiary/aromatic N) is 2. The fourth-order valence-corrected chi connectivity index (χ4v) is 1.64. The fourth-order valence-electron chi connectivity index (χ4n) is 1.48. The summed E-state index contributed by atoms with van der Waals surface area (Å²) in [4.78, 5) is 14.1. The van der Waals surface area contributed by atoms with Crippen LogP contribution in [0, 0.1) is 17.0 Å². The predicted molar refractivity (Wildman–Crippen MR) is 67.2 cm³/mol. The number of aryl methyl sites for hydroxylation is 1. The van der Waals surface area contributed by atoms with Crippen molar-refractivity contribution in [3.63, 3.8) is 0 Å². The summed E-state index contributed by atoms with van der Waals surface area (Å²) in [6.45, 7) is 1.66. The Hall–Kier alpha value is -2.14. The van der Waals surface area contributed by atoms with Gasteiger partial charge in [-0.2, -0.15) is 0 Å². The molecule has 0 aliphatic heterocycles. The summed E-state index contributed by atoms with van der Waals surface area (Å²) >= 11 is 5.73. The number of nitro benzene ring substituents is 1. The summed E-state index contributed by atoms with van der Waals surface area (Å²) in [7, 11) is 0. The first-order chi connectivity index (χ1) is 8.56. The van der Waals surface area contributed by atoms with Crippen molar-refractivity contribution in [3.8, 4) is 11.5 Å². The first-order valence-corrected chi connectivity index (χ1v) is 5.48. The Labute approximate surface area is 108 Å². The van der Waals surface area contributed by atoms with E-state index in [2.05, 4.69) is 4.98 Å². The van der Waals surface area contributed by atoms with Crippen molar-refractivity contribution in [1.82, 2.24) is 4.98 Å². The van der Waals surface area contributed by atoms with Gasteiger partial charge in [0.1, 0.15) is 16.7 Å². The molecule has 2 rings (SSSR count). The molecule has 0 fully saturated rings. The van der Waals surface area contributed by atoms with Gasteiger partial charge in [-0.15, -0.1) is 0 Å². The number of hydrogen-bond acceptors (Lipinski definition) is 4. The molecule has 0 saturated carbocycles. The number of ether oxygens (including phenoxy) is 1. The predicted octanol–water partition coefficient (Wildman–Crippen LogP) is 3.74. The van der Waals surface area contributed by atoms with Crippen LogP contribution >= 0.6 is 11.6 Å². The van der Waals surface area contributed by atoms with Crippen LogP contribution in [-0.2, 0) is 0 Å². The van der Waals surface area contributed by atoms with Crippen LogP contribution in [0.3, 0.4) is 0 Å². The van der Waals surface area contributed by atoms with Crippen LogP contribution in [0.5, 0.6) is 11.5 Å². The van der Waals surface area contributed by atoms with Gasteiger partial charge >= 0.3 is 0 Å². The van der Waals surface area contributed by atoms with Crippen LogP contribution in [0.4, 0.5) is 5.69 Å². The first kappa shape index (κ1) is 12.3. The number of benzene rings is 1. The highest BCUT2D eigenvalue weighted by Gasteiger charge is 2.11. The van der Waals surface area contributed by atoms with Crippen molar-refractivity contribution in [2.24, 2.45) is 0 Å². The van der Waals surface area contributed by atoms with Gasteiger partial charge in [-0.25, -0.2) is 4.98 Å². The zero-order valence-electron chi connectivity index (χ0n) is 9.46. The molecule has 1 heterocycles. The minimum absolute atomic E-state index is 0.0649. The third kappa shape index (κ3) is 2.75. The molecule has 0 amide bonds. The van der Waals surface area contributed by atoms with Gasteiger partial charge in [-0.1, -0.05) is 11.6 Å². The monoisotopic (exact) mass is 264 g/mol. The van der Waals surface area contributed by atoms with Crippen molar-refractivity contribution >= 4 is 17.3 Å². The number of hydrogen-bond donors (Lipinski definition) is 0. The summed E-state index contributed by atoms with van der Waals surface area (Å²) in [5.41, 5.74) is 0.604. The quantitative estimate of drug-likeness (QED) is 0.481. The average molecular weight is 265 g/mol. The molecule has 0 atom stereocenters. The lowest BCUT2D eigenvalue weighted by Gasteiger charge is -2.06. The van der Waals surface area contributed by atoms with E-state index < -0.39 is 4.92 Å². The lowest BCUT2D eigenvalue weighted by atomic mass is 10.2. The molecule has 92 valence electrons. The van der Waals surface area contributed by atoms with Crippen LogP contribution in [0.15, 0.2) is 36.5 Å². The molecule has 1 aromatic heterocycles. The minimum Gasteiger partial charge on any atom is -0.457 e. The van der Waals surface area contributed by atoms with E-state index in [1.165, 1.54) is 12.3 Å². The van der Waals surface area contributed by atoms with E-state index in [0.717, 1.165) is 0 Å². The van der Waals surface area contributed by atoms with E-state index in [1.807, 2.05) is 0 Å². The van der Waals surface area contributed by atoms with Gasteiger partial charge in [-0.05, 0) is 25.1 Å². The van der Waals surface area contributed by atoms with E-state index in [9.17, 15) is 10.1 Å². The van der Waals surface area contributed by atoms with Gasteiger partial charge in [0.2, 0.25) is 0 Å². The zero-order chi connectivity index (χ0) is 13.1. The normalized spacial score (nSPS) is 10.1. The van der Waals surface area contributed by atoms with Gasteiger partial charge in [0.25, 0.3) is 5.69 Å². The molecule has 0 radical (unpaired) electrons. The maximum Gasteiger partial charge on any atom is 0.272 e. The van der Waals surface area contributed by atoms with Crippen LogP contribution in [0.25, 0.3) is 0 Å². The van der Waals surface area contributed by atoms with Crippen LogP contribution in [0.2, 0.25) is 5.15 Å². The molecule has 2 aromatic rings. The summed E-state index contributed by atoms with van der Waals surface area (Å²) in [5, 5.41) is 11.0. The van der Waals surface area contributed by atoms with E-state index in [0.29, 0.717) is 22.2 Å². The molecular formula is C12H9ClN2O3. The topological polar surface area (TPSA) is 65.3 Å². The van der Waals surface area contributed by atoms with Crippen molar-refractivity contribution in [2.75, 3.05) is 0 Å². The summed E-state index contributed by atoms with van der Waals surface area (Å²) in [6.07, 6.45) is 1.52. The second-order valence-electron chi connectivity index (χ2n) is 3.62. The second-order valence-corrected chi connectivity index (χ2v) is 4.01. The van der Waals surface area contributed by atoms with Crippen LogP contribution in [0.1, 0.15) is 5.56 Å². The Morgan fingerprint density at radius 1 is 1.28 bits per heavy atom. The molecule has 0 aliphatic carbocycles. The van der Waals surface area contributed by atoms with Crippen molar-refractivity contribution < 1.29 is 9.66 Å². The minimum atomic E-state index is -0.428. The molecule has 0 spiro atoms. The fraction of sp³-hybridized carbons (Fsp3) is 0.0833. The number of pyridine rings is 1. The standard InChI is InChI=1S/C12H9ClN2O3/c1-8-6-9(2-3-11(8)15(16)17)18-10-4-5-14-12(13)7-10/h2-7H,1H3. The molecule has 0 unspecified atom stereocenters. The lowest BCUT2D eigenvalue weighted by molar-refractivity contribution is -0.385. The van der Waals surface area contributed by atoms with E-state index in [4.69, 9.17) is 16.3 Å². The third-order valence-corrected chi connectivity index (χ3v) is 2.51. The summed E-state index contributed by atoms with van der Waals surface area (Å²) in [5.74, 6) is 1.05. The Balaban J connectivity index is 2.25. The highest BCUT2D eigenvalue weighted by Crippen LogP contribution is 2.27. The molecule has 0 saturated heterocycles. The Morgan fingerprint density at radius 2 is 2.00 bits per heavy atom. The molecular weight excluding hydrogens is 256 g/mol. The number of halogens is 1. The molecule has 0 N–H and O–H groups in total. The Bertz CT molecular complexity index is 602. The second kappa shape index (κ2) is 5.01. The third-order valence-electron chi connectivity index (χ3n) is 2.30. The highest BCUT2D eigenvalue weighted by atomic mass is 35.5. The molecule has 0 aliphatic rings. The SMILES string of the molecule is Cc1cc(Oc2ccnc(Cl)c2)ccc1[N+](=O)[O-]. The summed E-state index contributed by atoms with van der Waals surface area (Å²) in [6, 6.07) is 7.78. The van der Waals surface area contributed by atoms with Crippen LogP contribution < -0.4 is 4.74 Å². The number of aromatic nitrogens is 1. The Kier molecular flexibility index (Phi) is 3.43. The maximum atomic E-state index is 10.7. The maximum absolute atomic E-state index is 10.7. The van der Waals surface area contributed by atoms with Crippen molar-refractivity contribution in [1.29, 1.82) is 0 Å². The van der Waals surface area contributed by atoms with Crippen molar-refractivity contribution in [3.05, 3.63) is 57.4 Å². The van der Waals surface area contributed by atoms with E-state index >= 15 is 0 Å². The number of rotatable bonds is 3. The van der Waals surface area contributed by atoms with Crippen LogP contribution in [-0.4, -0.2) is 9.91 Å². The summed E-state index contributed by atoms with van der Waals surface area (Å²) < 4.78 is 5.53. The largest absolute Gasteiger partial charge is 0.457 e. The smallest absolute Gasteiger partial charge is 0.272 e. The average Bonchev–Trinajstić information content (AvgIpc) is 2.28. The van der Waals surface area contributed by atoms with E-state index in [-0.39, 0.29) is 5.69 Å². The van der Waals surface area contributed by atoms with Gasteiger partial charge in [0.15, 0.2) is 0 Å². The highest BCUT2D eigenvalue weighted by molar-refractivity contribution is 6.29. The molecule has 1 aromatic carbocycles. The van der Waals surface area contributed by atoms with Gasteiger partial charge < -0.3 is 4.74 Å². The molecule has 0 bridgehead atoms. The zero-order valence-corrected chi connectivity index (χ0v) is 10.2. The van der Waals surface area contributed by atoms with Gasteiger partial charge in [-0.3, -0.25) is 10.1 Å². The molecule has 6 heteroatoms. The van der Waals surface area contributed by atoms with Crippen molar-refractivity contribution in [2.45, 2.75) is 6.92 Å². The molecule has 18 heavy (non-hydrogen) atoms. The van der Waals surface area contributed by atoms with E-state index in [1.54, 1.807) is 31.2 Å². The molecule has 5 nitrogen and oxygen atoms in total. The Morgan fingerprint density at radius 3 is 2.61 bits per heavy atom.